The lowest BCUT2D eigenvalue weighted by molar-refractivity contribution is -0.116. The number of rotatable bonds is 7. The summed E-state index contributed by atoms with van der Waals surface area (Å²) >= 11 is 6.08. The van der Waals surface area contributed by atoms with Crippen molar-refractivity contribution in [3.05, 3.63) is 83.1 Å². The second-order valence-corrected chi connectivity index (χ2v) is 6.50. The van der Waals surface area contributed by atoms with Gasteiger partial charge in [0.2, 0.25) is 5.91 Å². The quantitative estimate of drug-likeness (QED) is 0.542. The van der Waals surface area contributed by atoms with Crippen molar-refractivity contribution in [2.45, 2.75) is 12.8 Å². The summed E-state index contributed by atoms with van der Waals surface area (Å²) < 4.78 is 24.2. The van der Waals surface area contributed by atoms with Crippen LogP contribution in [-0.2, 0) is 11.2 Å². The molecule has 144 valence electrons. The third-order valence-electron chi connectivity index (χ3n) is 4.06. The lowest BCUT2D eigenvalue weighted by Crippen LogP contribution is -2.13. The fourth-order valence-electron chi connectivity index (χ4n) is 2.63. The highest BCUT2D eigenvalue weighted by molar-refractivity contribution is 6.31. The highest BCUT2D eigenvalue weighted by atomic mass is 35.5. The number of hydrogen-bond acceptors (Lipinski definition) is 3. The number of nitrogens with one attached hydrogen (secondary N) is 1. The van der Waals surface area contributed by atoms with Crippen molar-refractivity contribution in [3.63, 3.8) is 0 Å². The first kappa shape index (κ1) is 19.7. The van der Waals surface area contributed by atoms with Crippen LogP contribution in [0.5, 0.6) is 17.2 Å². The van der Waals surface area contributed by atoms with Crippen molar-refractivity contribution in [1.82, 2.24) is 0 Å². The first-order chi connectivity index (χ1) is 13.5. The van der Waals surface area contributed by atoms with E-state index in [1.807, 2.05) is 12.1 Å². The number of benzene rings is 3. The van der Waals surface area contributed by atoms with E-state index in [2.05, 4.69) is 5.32 Å². The third kappa shape index (κ3) is 5.24. The fraction of sp³-hybridized carbons (Fsp3) is 0.136. The molecule has 0 aliphatic heterocycles. The van der Waals surface area contributed by atoms with Gasteiger partial charge in [-0.25, -0.2) is 4.39 Å². The Bertz CT molecular complexity index is 960. The minimum absolute atomic E-state index is 0.198. The SMILES string of the molecule is COc1ccccc1Oc1ccc(Cl)cc1NC(=O)CCc1ccc(F)cc1. The number of ether oxygens (including phenoxy) is 2. The van der Waals surface area contributed by atoms with Crippen LogP contribution in [0, 0.1) is 5.82 Å². The summed E-state index contributed by atoms with van der Waals surface area (Å²) in [4.78, 5) is 12.4. The summed E-state index contributed by atoms with van der Waals surface area (Å²) in [6, 6.07) is 18.3. The normalized spacial score (nSPS) is 10.4. The van der Waals surface area contributed by atoms with Gasteiger partial charge < -0.3 is 14.8 Å². The van der Waals surface area contributed by atoms with Gasteiger partial charge in [-0.3, -0.25) is 4.79 Å². The van der Waals surface area contributed by atoms with Crippen LogP contribution in [-0.4, -0.2) is 13.0 Å². The Hall–Kier alpha value is -3.05. The van der Waals surface area contributed by atoms with Gasteiger partial charge in [-0.05, 0) is 54.4 Å². The molecule has 0 atom stereocenters. The van der Waals surface area contributed by atoms with Crippen LogP contribution >= 0.6 is 11.6 Å². The number of halogens is 2. The zero-order chi connectivity index (χ0) is 19.9. The molecular formula is C22H19ClFNO3. The van der Waals surface area contributed by atoms with E-state index in [0.717, 1.165) is 5.56 Å². The molecule has 6 heteroatoms. The van der Waals surface area contributed by atoms with Crippen LogP contribution in [0.25, 0.3) is 0 Å². The number of carbonyl (C=O) groups is 1. The molecule has 0 aliphatic carbocycles. The molecular weight excluding hydrogens is 381 g/mol. The first-order valence-electron chi connectivity index (χ1n) is 8.70. The lowest BCUT2D eigenvalue weighted by atomic mass is 10.1. The van der Waals surface area contributed by atoms with E-state index in [4.69, 9.17) is 21.1 Å². The zero-order valence-corrected chi connectivity index (χ0v) is 16.0. The molecule has 1 amide bonds. The Labute approximate surface area is 167 Å². The number of aryl methyl sites for hydroxylation is 1. The molecule has 3 aromatic carbocycles. The van der Waals surface area contributed by atoms with Crippen LogP contribution in [0.4, 0.5) is 10.1 Å². The monoisotopic (exact) mass is 399 g/mol. The van der Waals surface area contributed by atoms with Crippen molar-refractivity contribution in [2.24, 2.45) is 0 Å². The molecule has 0 saturated carbocycles. The van der Waals surface area contributed by atoms with Gasteiger partial charge in [-0.1, -0.05) is 35.9 Å². The van der Waals surface area contributed by atoms with Crippen molar-refractivity contribution < 1.29 is 18.7 Å². The maximum Gasteiger partial charge on any atom is 0.224 e. The van der Waals surface area contributed by atoms with Gasteiger partial charge in [0.15, 0.2) is 17.2 Å². The summed E-state index contributed by atoms with van der Waals surface area (Å²) in [7, 11) is 1.56. The Morgan fingerprint density at radius 1 is 1.00 bits per heavy atom. The standard InChI is InChI=1S/C22H19ClFNO3/c1-27-20-4-2-3-5-21(20)28-19-12-9-16(23)14-18(19)25-22(26)13-8-15-6-10-17(24)11-7-15/h2-7,9-12,14H,8,13H2,1H3,(H,25,26). The van der Waals surface area contributed by atoms with E-state index in [1.165, 1.54) is 12.1 Å². The Morgan fingerprint density at radius 3 is 2.43 bits per heavy atom. The van der Waals surface area contributed by atoms with Gasteiger partial charge in [0.25, 0.3) is 0 Å². The third-order valence-corrected chi connectivity index (χ3v) is 4.29. The molecule has 0 heterocycles. The van der Waals surface area contributed by atoms with Gasteiger partial charge in [0.05, 0.1) is 12.8 Å². The van der Waals surface area contributed by atoms with Crippen LogP contribution in [0.15, 0.2) is 66.7 Å². The number of anilines is 1. The predicted octanol–water partition coefficient (Wildman–Crippen LogP) is 5.85. The van der Waals surface area contributed by atoms with E-state index in [-0.39, 0.29) is 18.1 Å². The molecule has 0 bridgehead atoms. The van der Waals surface area contributed by atoms with Crippen LogP contribution in [0.1, 0.15) is 12.0 Å². The molecule has 28 heavy (non-hydrogen) atoms. The molecule has 3 aromatic rings. The van der Waals surface area contributed by atoms with E-state index in [1.54, 1.807) is 49.6 Å². The average molecular weight is 400 g/mol. The molecule has 0 spiro atoms. The summed E-state index contributed by atoms with van der Waals surface area (Å²) in [6.45, 7) is 0. The maximum atomic E-state index is 13.0. The van der Waals surface area contributed by atoms with E-state index in [9.17, 15) is 9.18 Å². The number of para-hydroxylation sites is 2. The number of hydrogen-bond donors (Lipinski definition) is 1. The van der Waals surface area contributed by atoms with Crippen molar-refractivity contribution in [3.8, 4) is 17.2 Å². The zero-order valence-electron chi connectivity index (χ0n) is 15.2. The van der Waals surface area contributed by atoms with Crippen LogP contribution in [0.3, 0.4) is 0 Å². The van der Waals surface area contributed by atoms with Gasteiger partial charge in [0.1, 0.15) is 5.82 Å². The summed E-state index contributed by atoms with van der Waals surface area (Å²) in [5.41, 5.74) is 1.34. The van der Waals surface area contributed by atoms with Gasteiger partial charge >= 0.3 is 0 Å². The first-order valence-corrected chi connectivity index (χ1v) is 9.07. The van der Waals surface area contributed by atoms with Gasteiger partial charge in [-0.2, -0.15) is 0 Å². The minimum atomic E-state index is -0.301. The van der Waals surface area contributed by atoms with Crippen LogP contribution in [0.2, 0.25) is 5.02 Å². The summed E-state index contributed by atoms with van der Waals surface area (Å²) in [5.74, 6) is 1.05. The van der Waals surface area contributed by atoms with Crippen LogP contribution < -0.4 is 14.8 Å². The van der Waals surface area contributed by atoms with E-state index < -0.39 is 0 Å². The van der Waals surface area contributed by atoms with Gasteiger partial charge in [-0.15, -0.1) is 0 Å². The number of carbonyl (C=O) groups excluding carboxylic acids is 1. The molecule has 1 N–H and O–H groups in total. The highest BCUT2D eigenvalue weighted by Crippen LogP contribution is 2.36. The predicted molar refractivity (Wildman–Crippen MR) is 108 cm³/mol. The maximum absolute atomic E-state index is 13.0. The van der Waals surface area contributed by atoms with Crippen molar-refractivity contribution in [1.29, 1.82) is 0 Å². The van der Waals surface area contributed by atoms with E-state index >= 15 is 0 Å². The molecule has 0 unspecified atom stereocenters. The van der Waals surface area contributed by atoms with Crippen molar-refractivity contribution in [2.75, 3.05) is 12.4 Å². The molecule has 0 fully saturated rings. The summed E-state index contributed by atoms with van der Waals surface area (Å²) in [6.07, 6.45) is 0.738. The Balaban J connectivity index is 1.71. The lowest BCUT2D eigenvalue weighted by Gasteiger charge is -2.14. The largest absolute Gasteiger partial charge is 0.493 e. The molecule has 0 saturated heterocycles. The second kappa shape index (κ2) is 9.24. The number of methoxy groups -OCH3 is 1. The average Bonchev–Trinajstić information content (AvgIpc) is 2.70. The highest BCUT2D eigenvalue weighted by Gasteiger charge is 2.12. The molecule has 3 rings (SSSR count). The Kier molecular flexibility index (Phi) is 6.50. The molecule has 0 aromatic heterocycles. The smallest absolute Gasteiger partial charge is 0.224 e. The molecule has 0 radical (unpaired) electrons. The minimum Gasteiger partial charge on any atom is -0.493 e. The van der Waals surface area contributed by atoms with E-state index in [0.29, 0.717) is 34.4 Å². The topological polar surface area (TPSA) is 47.6 Å². The van der Waals surface area contributed by atoms with Gasteiger partial charge in [0, 0.05) is 11.4 Å². The summed E-state index contributed by atoms with van der Waals surface area (Å²) in [5, 5.41) is 3.30. The number of amides is 1. The fourth-order valence-corrected chi connectivity index (χ4v) is 2.80. The Morgan fingerprint density at radius 2 is 1.71 bits per heavy atom. The molecule has 0 aliphatic rings. The second-order valence-electron chi connectivity index (χ2n) is 6.07. The van der Waals surface area contributed by atoms with Crippen molar-refractivity contribution >= 4 is 23.2 Å². The molecule has 4 nitrogen and oxygen atoms in total.